The first kappa shape index (κ1) is 13.9. The Morgan fingerprint density at radius 2 is 1.75 bits per heavy atom. The highest BCUT2D eigenvalue weighted by Gasteiger charge is 2.24. The zero-order chi connectivity index (χ0) is 12.1. The van der Waals surface area contributed by atoms with Gasteiger partial charge in [-0.05, 0) is 11.5 Å². The number of benzene rings is 1. The van der Waals surface area contributed by atoms with E-state index in [0.29, 0.717) is 12.3 Å². The Hall–Kier alpha value is -0.150. The van der Waals surface area contributed by atoms with Crippen LogP contribution in [0.2, 0.25) is 0 Å². The van der Waals surface area contributed by atoms with Crippen molar-refractivity contribution in [2.24, 2.45) is 5.92 Å². The summed E-state index contributed by atoms with van der Waals surface area (Å²) in [5, 5.41) is 0. The van der Waals surface area contributed by atoms with Crippen molar-refractivity contribution >= 4 is 37.6 Å². The third-order valence-electron chi connectivity index (χ3n) is 2.29. The minimum Gasteiger partial charge on any atom is -0.298 e. The lowest BCUT2D eigenvalue weighted by Gasteiger charge is -2.17. The van der Waals surface area contributed by atoms with Crippen LogP contribution >= 0.6 is 31.9 Å². The predicted octanol–water partition coefficient (Wildman–Crippen LogP) is 4.50. The third kappa shape index (κ3) is 4.02. The molecule has 0 amide bonds. The number of halogens is 2. The first-order valence-corrected chi connectivity index (χ1v) is 7.21. The molecule has 0 bridgehead atoms. The second-order valence-corrected chi connectivity index (χ2v) is 6.25. The lowest BCUT2D eigenvalue weighted by molar-refractivity contribution is -0.119. The van der Waals surface area contributed by atoms with Gasteiger partial charge in [0, 0.05) is 6.42 Å². The molecule has 1 aromatic rings. The second kappa shape index (κ2) is 6.55. The maximum absolute atomic E-state index is 11.9. The van der Waals surface area contributed by atoms with Crippen molar-refractivity contribution in [3.8, 4) is 0 Å². The van der Waals surface area contributed by atoms with Crippen molar-refractivity contribution in [1.82, 2.24) is 0 Å². The molecule has 1 nitrogen and oxygen atoms in total. The summed E-state index contributed by atoms with van der Waals surface area (Å²) in [6, 6.07) is 9.99. The summed E-state index contributed by atoms with van der Waals surface area (Å²) in [5.74, 6) is 0.656. The van der Waals surface area contributed by atoms with E-state index >= 15 is 0 Å². The standard InChI is InChI=1S/C13H16Br2O/c1-9(2)8-11(16)13(15)12(14)10-6-4-3-5-7-10/h3-7,9,12-13H,8H2,1-2H3/t12-,13-/m1/s1. The molecular formula is C13H16Br2O. The molecular weight excluding hydrogens is 332 g/mol. The highest BCUT2D eigenvalue weighted by molar-refractivity contribution is 9.12. The lowest BCUT2D eigenvalue weighted by atomic mass is 10.0. The van der Waals surface area contributed by atoms with Gasteiger partial charge in [-0.2, -0.15) is 0 Å². The second-order valence-electron chi connectivity index (χ2n) is 4.28. The molecule has 1 rings (SSSR count). The zero-order valence-electron chi connectivity index (χ0n) is 9.49. The highest BCUT2D eigenvalue weighted by atomic mass is 79.9. The van der Waals surface area contributed by atoms with Crippen molar-refractivity contribution in [2.75, 3.05) is 0 Å². The van der Waals surface area contributed by atoms with Crippen LogP contribution in [0.15, 0.2) is 30.3 Å². The Morgan fingerprint density at radius 1 is 1.19 bits per heavy atom. The number of carbonyl (C=O) groups excluding carboxylic acids is 1. The number of hydrogen-bond donors (Lipinski definition) is 0. The van der Waals surface area contributed by atoms with Crippen molar-refractivity contribution in [1.29, 1.82) is 0 Å². The van der Waals surface area contributed by atoms with Crippen LogP contribution in [-0.4, -0.2) is 10.6 Å². The van der Waals surface area contributed by atoms with Crippen molar-refractivity contribution < 1.29 is 4.79 Å². The van der Waals surface area contributed by atoms with Crippen LogP contribution in [0.4, 0.5) is 0 Å². The number of ketones is 1. The fraction of sp³-hybridized carbons (Fsp3) is 0.462. The summed E-state index contributed by atoms with van der Waals surface area (Å²) < 4.78 is 0. The van der Waals surface area contributed by atoms with Crippen LogP contribution in [0.1, 0.15) is 30.7 Å². The molecule has 0 unspecified atom stereocenters. The molecule has 0 radical (unpaired) electrons. The monoisotopic (exact) mass is 346 g/mol. The lowest BCUT2D eigenvalue weighted by Crippen LogP contribution is -2.20. The summed E-state index contributed by atoms with van der Waals surface area (Å²) >= 11 is 7.05. The molecule has 0 saturated heterocycles. The molecule has 1 aromatic carbocycles. The molecule has 0 aliphatic carbocycles. The van der Waals surface area contributed by atoms with Crippen LogP contribution in [0.5, 0.6) is 0 Å². The molecule has 3 heteroatoms. The Labute approximate surface area is 114 Å². The van der Waals surface area contributed by atoms with Crippen molar-refractivity contribution in [3.63, 3.8) is 0 Å². The molecule has 0 spiro atoms. The molecule has 0 aliphatic rings. The van der Waals surface area contributed by atoms with Gasteiger partial charge in [0.05, 0.1) is 9.65 Å². The average Bonchev–Trinajstić information content (AvgIpc) is 2.27. The SMILES string of the molecule is CC(C)CC(=O)[C@@H](Br)[C@H](Br)c1ccccc1. The maximum atomic E-state index is 11.9. The fourth-order valence-electron chi connectivity index (χ4n) is 1.48. The van der Waals surface area contributed by atoms with Gasteiger partial charge in [-0.3, -0.25) is 4.79 Å². The minimum absolute atomic E-state index is 0.0416. The molecule has 16 heavy (non-hydrogen) atoms. The van der Waals surface area contributed by atoms with E-state index in [1.165, 1.54) is 0 Å². The maximum Gasteiger partial charge on any atom is 0.148 e. The predicted molar refractivity (Wildman–Crippen MR) is 75.3 cm³/mol. The highest BCUT2D eigenvalue weighted by Crippen LogP contribution is 2.32. The Morgan fingerprint density at radius 3 is 2.25 bits per heavy atom. The zero-order valence-corrected chi connectivity index (χ0v) is 12.7. The van der Waals surface area contributed by atoms with E-state index in [2.05, 4.69) is 45.7 Å². The van der Waals surface area contributed by atoms with Crippen molar-refractivity contribution in [3.05, 3.63) is 35.9 Å². The van der Waals surface area contributed by atoms with Gasteiger partial charge in [-0.1, -0.05) is 76.0 Å². The van der Waals surface area contributed by atoms with Gasteiger partial charge in [-0.15, -0.1) is 0 Å². The number of carbonyl (C=O) groups is 1. The smallest absolute Gasteiger partial charge is 0.148 e. The summed E-state index contributed by atoms with van der Waals surface area (Å²) in [6.07, 6.45) is 0.616. The van der Waals surface area contributed by atoms with E-state index in [-0.39, 0.29) is 15.4 Å². The Balaban J connectivity index is 2.67. The summed E-state index contributed by atoms with van der Waals surface area (Å²) in [5.41, 5.74) is 1.13. The molecule has 0 heterocycles. The van der Waals surface area contributed by atoms with Gasteiger partial charge in [0.2, 0.25) is 0 Å². The molecule has 0 aliphatic heterocycles. The minimum atomic E-state index is -0.155. The molecule has 0 N–H and O–H groups in total. The topological polar surface area (TPSA) is 17.1 Å². The summed E-state index contributed by atoms with van der Waals surface area (Å²) in [6.45, 7) is 4.12. The quantitative estimate of drug-likeness (QED) is 0.716. The van der Waals surface area contributed by atoms with Gasteiger partial charge in [-0.25, -0.2) is 0 Å². The first-order chi connectivity index (χ1) is 7.52. The van der Waals surface area contributed by atoms with Crippen LogP contribution < -0.4 is 0 Å². The van der Waals surface area contributed by atoms with Gasteiger partial charge in [0.1, 0.15) is 5.78 Å². The van der Waals surface area contributed by atoms with E-state index in [1.54, 1.807) is 0 Å². The number of hydrogen-bond acceptors (Lipinski definition) is 1. The largest absolute Gasteiger partial charge is 0.298 e. The summed E-state index contributed by atoms with van der Waals surface area (Å²) in [7, 11) is 0. The summed E-state index contributed by atoms with van der Waals surface area (Å²) in [4.78, 5) is 11.8. The van der Waals surface area contributed by atoms with Gasteiger partial charge in [0.15, 0.2) is 0 Å². The number of Topliss-reactive ketones (excluding diaryl/α,β-unsaturated/α-hetero) is 1. The van der Waals surface area contributed by atoms with Crippen LogP contribution in [0, 0.1) is 5.92 Å². The fourth-order valence-corrected chi connectivity index (χ4v) is 2.58. The van der Waals surface area contributed by atoms with Gasteiger partial charge in [0.25, 0.3) is 0 Å². The first-order valence-electron chi connectivity index (χ1n) is 5.38. The molecule has 2 atom stereocenters. The van der Waals surface area contributed by atoms with E-state index in [1.807, 2.05) is 30.3 Å². The van der Waals surface area contributed by atoms with E-state index in [4.69, 9.17) is 0 Å². The molecule has 0 fully saturated rings. The van der Waals surface area contributed by atoms with Gasteiger partial charge < -0.3 is 0 Å². The Bertz CT molecular complexity index is 335. The molecule has 0 saturated carbocycles. The van der Waals surface area contributed by atoms with E-state index < -0.39 is 0 Å². The van der Waals surface area contributed by atoms with Crippen LogP contribution in [0.3, 0.4) is 0 Å². The van der Waals surface area contributed by atoms with E-state index in [0.717, 1.165) is 5.56 Å². The average molecular weight is 348 g/mol. The van der Waals surface area contributed by atoms with Crippen LogP contribution in [-0.2, 0) is 4.79 Å². The number of rotatable bonds is 5. The van der Waals surface area contributed by atoms with E-state index in [9.17, 15) is 4.79 Å². The normalized spacial score (nSPS) is 14.8. The Kier molecular flexibility index (Phi) is 5.70. The third-order valence-corrected chi connectivity index (χ3v) is 5.10. The van der Waals surface area contributed by atoms with Crippen LogP contribution in [0.25, 0.3) is 0 Å². The number of alkyl halides is 2. The molecule has 88 valence electrons. The molecule has 0 aromatic heterocycles. The van der Waals surface area contributed by atoms with Crippen molar-refractivity contribution in [2.45, 2.75) is 29.9 Å². The van der Waals surface area contributed by atoms with Gasteiger partial charge >= 0.3 is 0 Å².